The Kier molecular flexibility index (Phi) is 4.08. The van der Waals surface area contributed by atoms with Crippen LogP contribution in [0.4, 0.5) is 0 Å². The Bertz CT molecular complexity index is 683. The van der Waals surface area contributed by atoms with E-state index in [0.29, 0.717) is 11.3 Å². The van der Waals surface area contributed by atoms with Crippen molar-refractivity contribution in [1.29, 1.82) is 0 Å². The highest BCUT2D eigenvalue weighted by Gasteiger charge is 2.34. The van der Waals surface area contributed by atoms with Crippen molar-refractivity contribution in [3.05, 3.63) is 72.8 Å². The fourth-order valence-electron chi connectivity index (χ4n) is 2.65. The lowest BCUT2D eigenvalue weighted by Gasteiger charge is -2.15. The van der Waals surface area contributed by atoms with Gasteiger partial charge in [0, 0.05) is 19.6 Å². The van der Waals surface area contributed by atoms with Crippen molar-refractivity contribution in [3.8, 4) is 0 Å². The van der Waals surface area contributed by atoms with Gasteiger partial charge in [0.1, 0.15) is 0 Å². The monoisotopic (exact) mass is 300 g/mol. The molecule has 2 aromatic carbocycles. The van der Waals surface area contributed by atoms with E-state index in [1.54, 1.807) is 24.3 Å². The Hall–Kier alpha value is -1.65. The van der Waals surface area contributed by atoms with Crippen LogP contribution in [0.5, 0.6) is 0 Å². The zero-order valence-corrected chi connectivity index (χ0v) is 12.5. The minimum absolute atomic E-state index is 0.410. The molecule has 0 saturated carbocycles. The molecule has 1 aliphatic heterocycles. The van der Waals surface area contributed by atoms with Gasteiger partial charge < -0.3 is 0 Å². The summed E-state index contributed by atoms with van der Waals surface area (Å²) in [7, 11) is -3.26. The van der Waals surface area contributed by atoms with E-state index in [1.807, 2.05) is 30.8 Å². The molecule has 3 rings (SSSR count). The van der Waals surface area contributed by atoms with Gasteiger partial charge in [0.2, 0.25) is 0 Å². The number of hydrogen-bond donors (Lipinski definition) is 0. The van der Waals surface area contributed by atoms with E-state index < -0.39 is 15.1 Å². The van der Waals surface area contributed by atoms with Gasteiger partial charge in [0.05, 0.1) is 10.1 Å². The summed E-state index contributed by atoms with van der Waals surface area (Å²) >= 11 is 0. The van der Waals surface area contributed by atoms with Crippen molar-refractivity contribution in [3.63, 3.8) is 0 Å². The summed E-state index contributed by atoms with van der Waals surface area (Å²) < 4.78 is 25.1. The molecule has 0 spiro atoms. The Morgan fingerprint density at radius 1 is 0.952 bits per heavy atom. The molecular weight excluding hydrogens is 282 g/mol. The van der Waals surface area contributed by atoms with Crippen molar-refractivity contribution in [2.75, 3.05) is 6.54 Å². The van der Waals surface area contributed by atoms with Crippen LogP contribution >= 0.6 is 0 Å². The number of benzene rings is 2. The maximum absolute atomic E-state index is 12.6. The van der Waals surface area contributed by atoms with E-state index in [9.17, 15) is 8.42 Å². The Balaban J connectivity index is 1.70. The molecule has 109 valence electrons. The molecule has 0 amide bonds. The van der Waals surface area contributed by atoms with Gasteiger partial charge in [-0.2, -0.15) is 0 Å². The molecule has 0 aliphatic carbocycles. The summed E-state index contributed by atoms with van der Waals surface area (Å²) in [6, 6.07) is 18.8. The van der Waals surface area contributed by atoms with Crippen molar-refractivity contribution >= 4 is 9.84 Å². The lowest BCUT2D eigenvalue weighted by Crippen LogP contribution is -2.22. The van der Waals surface area contributed by atoms with E-state index in [0.717, 1.165) is 13.1 Å². The molecule has 0 aromatic heterocycles. The van der Waals surface area contributed by atoms with Crippen LogP contribution in [0.1, 0.15) is 12.0 Å². The number of sulfone groups is 1. The van der Waals surface area contributed by atoms with Crippen LogP contribution in [0.2, 0.25) is 0 Å². The summed E-state index contributed by atoms with van der Waals surface area (Å²) in [6.45, 7) is 3.42. The summed E-state index contributed by atoms with van der Waals surface area (Å²) in [6.07, 6.45) is 0.657. The van der Waals surface area contributed by atoms with Gasteiger partial charge in [0.15, 0.2) is 9.84 Å². The number of rotatable bonds is 4. The Morgan fingerprint density at radius 3 is 2.24 bits per heavy atom. The van der Waals surface area contributed by atoms with Gasteiger partial charge in [-0.25, -0.2) is 8.42 Å². The highest BCUT2D eigenvalue weighted by Crippen LogP contribution is 2.27. The fourth-order valence-corrected chi connectivity index (χ4v) is 4.28. The topological polar surface area (TPSA) is 37.4 Å². The standard InChI is InChI=1S/C17H18NO2S/c19-21(20,16-9-5-2-6-10-16)17-11-12-18(14-17)13-15-7-3-1-4-8-15/h1-10,14,17H,11-13H2. The van der Waals surface area contributed by atoms with Crippen LogP contribution in [0.25, 0.3) is 0 Å². The smallest absolute Gasteiger partial charge is 0.182 e. The number of likely N-dealkylation sites (tertiary alicyclic amines) is 1. The van der Waals surface area contributed by atoms with Gasteiger partial charge >= 0.3 is 0 Å². The lowest BCUT2D eigenvalue weighted by atomic mass is 10.2. The quantitative estimate of drug-likeness (QED) is 0.871. The normalized spacial score (nSPS) is 19.7. The van der Waals surface area contributed by atoms with Crippen LogP contribution in [0.3, 0.4) is 0 Å². The molecule has 1 aliphatic rings. The molecule has 4 heteroatoms. The first-order valence-corrected chi connectivity index (χ1v) is 8.63. The van der Waals surface area contributed by atoms with Crippen LogP contribution in [0.15, 0.2) is 65.6 Å². The van der Waals surface area contributed by atoms with E-state index in [4.69, 9.17) is 0 Å². The largest absolute Gasteiger partial charge is 0.293 e. The molecule has 1 atom stereocenters. The first-order valence-electron chi connectivity index (χ1n) is 7.08. The van der Waals surface area contributed by atoms with Crippen LogP contribution in [-0.2, 0) is 16.4 Å². The molecule has 1 heterocycles. The zero-order chi connectivity index (χ0) is 14.7. The summed E-state index contributed by atoms with van der Waals surface area (Å²) in [5.74, 6) is 0. The van der Waals surface area contributed by atoms with E-state index in [-0.39, 0.29) is 0 Å². The Labute approximate surface area is 126 Å². The van der Waals surface area contributed by atoms with E-state index >= 15 is 0 Å². The summed E-state index contributed by atoms with van der Waals surface area (Å²) in [4.78, 5) is 2.51. The fraction of sp³-hybridized carbons (Fsp3) is 0.235. The maximum Gasteiger partial charge on any atom is 0.182 e. The third-order valence-corrected chi connectivity index (χ3v) is 5.86. The molecule has 1 unspecified atom stereocenters. The van der Waals surface area contributed by atoms with Crippen molar-refractivity contribution in [2.45, 2.75) is 23.1 Å². The predicted octanol–water partition coefficient (Wildman–Crippen LogP) is 2.90. The van der Waals surface area contributed by atoms with Gasteiger partial charge in [-0.15, -0.1) is 0 Å². The zero-order valence-electron chi connectivity index (χ0n) is 11.7. The van der Waals surface area contributed by atoms with Crippen LogP contribution in [0, 0.1) is 6.54 Å². The molecule has 0 bridgehead atoms. The molecule has 0 N–H and O–H groups in total. The highest BCUT2D eigenvalue weighted by atomic mass is 32.2. The summed E-state index contributed by atoms with van der Waals surface area (Å²) in [5.41, 5.74) is 1.20. The second-order valence-electron chi connectivity index (χ2n) is 5.29. The van der Waals surface area contributed by atoms with Gasteiger partial charge in [-0.3, -0.25) is 4.90 Å². The van der Waals surface area contributed by atoms with Crippen molar-refractivity contribution in [2.24, 2.45) is 0 Å². The molecule has 21 heavy (non-hydrogen) atoms. The number of nitrogens with zero attached hydrogens (tertiary/aromatic N) is 1. The first-order chi connectivity index (χ1) is 10.2. The second-order valence-corrected chi connectivity index (χ2v) is 7.46. The number of hydrogen-bond acceptors (Lipinski definition) is 3. The molecule has 1 radical (unpaired) electrons. The van der Waals surface area contributed by atoms with Crippen LogP contribution < -0.4 is 0 Å². The second kappa shape index (κ2) is 6.00. The molecule has 2 aromatic rings. The lowest BCUT2D eigenvalue weighted by molar-refractivity contribution is 0.379. The van der Waals surface area contributed by atoms with Gasteiger partial charge in [-0.1, -0.05) is 48.5 Å². The minimum Gasteiger partial charge on any atom is -0.293 e. The SMILES string of the molecule is O=S(=O)(c1ccccc1)C1[CH]N(Cc2ccccc2)CC1. The highest BCUT2D eigenvalue weighted by molar-refractivity contribution is 7.92. The van der Waals surface area contributed by atoms with E-state index in [1.165, 1.54) is 5.56 Å². The third-order valence-electron chi connectivity index (χ3n) is 3.78. The minimum atomic E-state index is -3.26. The summed E-state index contributed by atoms with van der Waals surface area (Å²) in [5, 5.41) is -0.413. The molecule has 1 saturated heterocycles. The third kappa shape index (κ3) is 3.17. The average molecular weight is 300 g/mol. The van der Waals surface area contributed by atoms with Gasteiger partial charge in [-0.05, 0) is 24.1 Å². The first kappa shape index (κ1) is 14.3. The maximum atomic E-state index is 12.6. The molecule has 1 fully saturated rings. The molecular formula is C17H18NO2S. The molecule has 3 nitrogen and oxygen atoms in total. The van der Waals surface area contributed by atoms with Crippen LogP contribution in [-0.4, -0.2) is 25.1 Å². The van der Waals surface area contributed by atoms with Crippen molar-refractivity contribution in [1.82, 2.24) is 4.90 Å². The average Bonchev–Trinajstić information content (AvgIpc) is 2.98. The van der Waals surface area contributed by atoms with Gasteiger partial charge in [0.25, 0.3) is 0 Å². The van der Waals surface area contributed by atoms with Crippen molar-refractivity contribution < 1.29 is 8.42 Å². The van der Waals surface area contributed by atoms with E-state index in [2.05, 4.69) is 17.0 Å². The predicted molar refractivity (Wildman–Crippen MR) is 83.2 cm³/mol. The Morgan fingerprint density at radius 2 is 1.57 bits per heavy atom.